The molecule has 0 N–H and O–H groups in total. The van der Waals surface area contributed by atoms with Gasteiger partial charge in [0.1, 0.15) is 5.75 Å². The van der Waals surface area contributed by atoms with Crippen LogP contribution < -0.4 is 4.74 Å². The number of esters is 1. The molecule has 0 bridgehead atoms. The van der Waals surface area contributed by atoms with E-state index in [1.165, 1.54) is 70.6 Å². The molecule has 0 amide bonds. The number of ether oxygens (including phenoxy) is 2. The van der Waals surface area contributed by atoms with Crippen molar-refractivity contribution in [3.05, 3.63) is 77.4 Å². The molecule has 0 heterocycles. The van der Waals surface area contributed by atoms with Crippen molar-refractivity contribution in [3.63, 3.8) is 0 Å². The van der Waals surface area contributed by atoms with Crippen molar-refractivity contribution in [1.82, 2.24) is 0 Å². The van der Waals surface area contributed by atoms with Gasteiger partial charge in [0.25, 0.3) is 0 Å². The fourth-order valence-electron chi connectivity index (χ4n) is 4.92. The Balaban J connectivity index is 1.40. The van der Waals surface area contributed by atoms with Crippen molar-refractivity contribution < 1.29 is 14.3 Å². The number of benzene rings is 3. The van der Waals surface area contributed by atoms with Gasteiger partial charge in [-0.3, -0.25) is 0 Å². The highest BCUT2D eigenvalue weighted by Gasteiger charge is 2.08. The smallest absolute Gasteiger partial charge is 0.338 e. The fraction of sp³-hybridized carbons (Fsp3) is 0.486. The Hall–Kier alpha value is -3.07. The van der Waals surface area contributed by atoms with Crippen LogP contribution in [0.25, 0.3) is 22.9 Å². The quantitative estimate of drug-likeness (QED) is 0.0809. The first-order valence-electron chi connectivity index (χ1n) is 15.8. The molecule has 0 saturated carbocycles. The number of carbonyl (C=O) groups excluding carboxylic acids is 1. The molecule has 0 fully saturated rings. The van der Waals surface area contributed by atoms with Crippen molar-refractivity contribution in [2.75, 3.05) is 13.2 Å². The first-order chi connectivity index (χ1) is 19.7. The molecule has 0 aromatic heterocycles. The predicted molar refractivity (Wildman–Crippen MR) is 171 cm³/mol. The van der Waals surface area contributed by atoms with Gasteiger partial charge in [-0.15, -0.1) is 0 Å². The number of hydrogen-bond donors (Lipinski definition) is 0. The monoisotopic (exact) mass is 542 g/mol. The minimum Gasteiger partial charge on any atom is -0.494 e. The van der Waals surface area contributed by atoms with Crippen LogP contribution in [0.1, 0.15) is 125 Å². The highest BCUT2D eigenvalue weighted by molar-refractivity contribution is 5.96. The van der Waals surface area contributed by atoms with Crippen LogP contribution in [0.15, 0.2) is 60.7 Å². The van der Waals surface area contributed by atoms with Crippen molar-refractivity contribution >= 4 is 28.9 Å². The minimum atomic E-state index is -0.232. The van der Waals surface area contributed by atoms with Gasteiger partial charge in [0.05, 0.1) is 18.8 Å². The second-order valence-electron chi connectivity index (χ2n) is 11.0. The summed E-state index contributed by atoms with van der Waals surface area (Å²) < 4.78 is 11.4. The summed E-state index contributed by atoms with van der Waals surface area (Å²) in [6.07, 6.45) is 21.8. The molecule has 0 aliphatic heterocycles. The highest BCUT2D eigenvalue weighted by Crippen LogP contribution is 2.21. The zero-order valence-electron chi connectivity index (χ0n) is 25.0. The van der Waals surface area contributed by atoms with Gasteiger partial charge in [-0.1, -0.05) is 133 Å². The molecule has 40 heavy (non-hydrogen) atoms. The summed E-state index contributed by atoms with van der Waals surface area (Å²) in [5.41, 5.74) is 2.88. The molecule has 3 nitrogen and oxygen atoms in total. The number of fused-ring (bicyclic) bond motifs is 1. The van der Waals surface area contributed by atoms with Crippen LogP contribution in [0, 0.1) is 0 Å². The predicted octanol–water partition coefficient (Wildman–Crippen LogP) is 11.0. The maximum Gasteiger partial charge on any atom is 0.338 e. The average molecular weight is 543 g/mol. The molecule has 0 unspecified atom stereocenters. The lowest BCUT2D eigenvalue weighted by atomic mass is 10.0. The van der Waals surface area contributed by atoms with E-state index in [0.29, 0.717) is 12.2 Å². The minimum absolute atomic E-state index is 0.232. The van der Waals surface area contributed by atoms with Crippen LogP contribution in [0.5, 0.6) is 5.75 Å². The molecule has 0 aliphatic rings. The molecule has 3 aromatic rings. The standard InChI is InChI=1S/C37H50O3/c1-3-5-7-9-11-12-14-15-27-39-36-25-20-31(21-26-36)17-18-32-19-22-34-30-35(24-23-33(34)29-32)37(38)40-28-16-13-10-8-6-4-2/h17-26,29-30H,3-16,27-28H2,1-2H3. The Labute approximate surface area is 243 Å². The maximum absolute atomic E-state index is 12.5. The average Bonchev–Trinajstić information content (AvgIpc) is 2.99. The third-order valence-corrected chi connectivity index (χ3v) is 7.45. The van der Waals surface area contributed by atoms with Gasteiger partial charge >= 0.3 is 5.97 Å². The van der Waals surface area contributed by atoms with E-state index in [9.17, 15) is 4.79 Å². The molecule has 0 saturated heterocycles. The van der Waals surface area contributed by atoms with Crippen molar-refractivity contribution in [3.8, 4) is 5.75 Å². The summed E-state index contributed by atoms with van der Waals surface area (Å²) in [7, 11) is 0. The van der Waals surface area contributed by atoms with E-state index >= 15 is 0 Å². The first-order valence-corrected chi connectivity index (χ1v) is 15.8. The molecule has 3 heteroatoms. The van der Waals surface area contributed by atoms with Crippen LogP contribution in [0.2, 0.25) is 0 Å². The normalized spacial score (nSPS) is 11.3. The molecule has 0 spiro atoms. The highest BCUT2D eigenvalue weighted by atomic mass is 16.5. The lowest BCUT2D eigenvalue weighted by Crippen LogP contribution is -2.06. The molecule has 0 atom stereocenters. The molecule has 3 aromatic carbocycles. The number of unbranched alkanes of at least 4 members (excludes halogenated alkanes) is 12. The summed E-state index contributed by atoms with van der Waals surface area (Å²) in [4.78, 5) is 12.5. The third-order valence-electron chi connectivity index (χ3n) is 7.45. The van der Waals surface area contributed by atoms with Gasteiger partial charge < -0.3 is 9.47 Å². The van der Waals surface area contributed by atoms with Crippen molar-refractivity contribution in [1.29, 1.82) is 0 Å². The van der Waals surface area contributed by atoms with E-state index in [1.807, 2.05) is 18.2 Å². The summed E-state index contributed by atoms with van der Waals surface area (Å²) >= 11 is 0. The van der Waals surface area contributed by atoms with Gasteiger partial charge in [0.15, 0.2) is 0 Å². The molecule has 216 valence electrons. The molecular weight excluding hydrogens is 492 g/mol. The Bertz CT molecular complexity index is 1150. The summed E-state index contributed by atoms with van der Waals surface area (Å²) in [6, 6.07) is 20.4. The van der Waals surface area contributed by atoms with Gasteiger partial charge in [-0.25, -0.2) is 4.79 Å². The third kappa shape index (κ3) is 12.0. The Morgan fingerprint density at radius 1 is 0.575 bits per heavy atom. The van der Waals surface area contributed by atoms with Gasteiger partial charge in [-0.05, 0) is 65.1 Å². The number of hydrogen-bond acceptors (Lipinski definition) is 3. The van der Waals surface area contributed by atoms with Gasteiger partial charge in [-0.2, -0.15) is 0 Å². The van der Waals surface area contributed by atoms with Crippen LogP contribution in [0.3, 0.4) is 0 Å². The van der Waals surface area contributed by atoms with E-state index in [-0.39, 0.29) is 5.97 Å². The topological polar surface area (TPSA) is 35.5 Å². The molecule has 0 aliphatic carbocycles. The lowest BCUT2D eigenvalue weighted by molar-refractivity contribution is 0.0498. The Morgan fingerprint density at radius 2 is 1.10 bits per heavy atom. The fourth-order valence-corrected chi connectivity index (χ4v) is 4.92. The zero-order valence-corrected chi connectivity index (χ0v) is 25.0. The van der Waals surface area contributed by atoms with Gasteiger partial charge in [0, 0.05) is 0 Å². The van der Waals surface area contributed by atoms with Crippen LogP contribution in [-0.2, 0) is 4.74 Å². The second kappa shape index (κ2) is 19.1. The van der Waals surface area contributed by atoms with E-state index in [4.69, 9.17) is 9.47 Å². The van der Waals surface area contributed by atoms with E-state index < -0.39 is 0 Å². The Morgan fingerprint density at radius 3 is 1.77 bits per heavy atom. The van der Waals surface area contributed by atoms with E-state index in [2.05, 4.69) is 68.5 Å². The largest absolute Gasteiger partial charge is 0.494 e. The second-order valence-corrected chi connectivity index (χ2v) is 11.0. The van der Waals surface area contributed by atoms with Crippen LogP contribution in [0.4, 0.5) is 0 Å². The number of carbonyl (C=O) groups is 1. The maximum atomic E-state index is 12.5. The first kappa shape index (κ1) is 31.5. The summed E-state index contributed by atoms with van der Waals surface area (Å²) in [6.45, 7) is 5.77. The molecule has 0 radical (unpaired) electrons. The summed E-state index contributed by atoms with van der Waals surface area (Å²) in [5.74, 6) is 0.705. The Kier molecular flexibility index (Phi) is 15.0. The van der Waals surface area contributed by atoms with E-state index in [1.54, 1.807) is 0 Å². The van der Waals surface area contributed by atoms with Gasteiger partial charge in [0.2, 0.25) is 0 Å². The van der Waals surface area contributed by atoms with Crippen molar-refractivity contribution in [2.24, 2.45) is 0 Å². The summed E-state index contributed by atoms with van der Waals surface area (Å²) in [5, 5.41) is 2.16. The van der Waals surface area contributed by atoms with Crippen LogP contribution in [-0.4, -0.2) is 19.2 Å². The zero-order chi connectivity index (χ0) is 28.3. The molecule has 3 rings (SSSR count). The molecular formula is C37H50O3. The van der Waals surface area contributed by atoms with Crippen molar-refractivity contribution in [2.45, 2.75) is 104 Å². The number of rotatable bonds is 20. The van der Waals surface area contributed by atoms with Crippen LogP contribution >= 0.6 is 0 Å². The SMILES string of the molecule is CCCCCCCCCCOc1ccc(C=Cc2ccc3cc(C(=O)OCCCCCCCC)ccc3c2)cc1. The lowest BCUT2D eigenvalue weighted by Gasteiger charge is -2.07. The van der Waals surface area contributed by atoms with E-state index in [0.717, 1.165) is 53.5 Å².